The monoisotopic (exact) mass is 306 g/mol. The van der Waals surface area contributed by atoms with Gasteiger partial charge in [0, 0.05) is 25.7 Å². The van der Waals surface area contributed by atoms with Gasteiger partial charge >= 0.3 is 5.97 Å². The summed E-state index contributed by atoms with van der Waals surface area (Å²) in [5.74, 6) is -0.477. The van der Waals surface area contributed by atoms with Crippen molar-refractivity contribution in [3.05, 3.63) is 0 Å². The van der Waals surface area contributed by atoms with Gasteiger partial charge in [-0.3, -0.25) is 4.79 Å². The topological polar surface area (TPSA) is 87.2 Å². The lowest BCUT2D eigenvalue weighted by Gasteiger charge is -2.34. The lowest BCUT2D eigenvalue weighted by Crippen LogP contribution is -2.49. The fraction of sp³-hybridized carbons (Fsp3) is 0.917. The van der Waals surface area contributed by atoms with Crippen molar-refractivity contribution in [2.75, 3.05) is 33.4 Å². The molecule has 2 fully saturated rings. The number of aliphatic hydroxyl groups is 1. The van der Waals surface area contributed by atoms with Gasteiger partial charge in [-0.1, -0.05) is 0 Å². The molecular formula is C12H22N2O5S. The molecule has 8 heteroatoms. The van der Waals surface area contributed by atoms with Crippen LogP contribution in [-0.2, 0) is 19.7 Å². The first-order chi connectivity index (χ1) is 9.50. The maximum atomic E-state index is 12.5. The van der Waals surface area contributed by atoms with Crippen LogP contribution in [0.1, 0.15) is 25.7 Å². The largest absolute Gasteiger partial charge is 0.469 e. The lowest BCUT2D eigenvalue weighted by atomic mass is 9.99. The highest BCUT2D eigenvalue weighted by Crippen LogP contribution is 2.31. The van der Waals surface area contributed by atoms with Crippen molar-refractivity contribution in [2.24, 2.45) is 5.92 Å². The number of hydrogen-bond donors (Lipinski definition) is 1. The molecule has 116 valence electrons. The Bertz CT molecular complexity index is 441. The molecule has 0 bridgehead atoms. The summed E-state index contributed by atoms with van der Waals surface area (Å²) in [6.45, 7) is 0.631. The van der Waals surface area contributed by atoms with Gasteiger partial charge in [-0.05, 0) is 25.7 Å². The summed E-state index contributed by atoms with van der Waals surface area (Å²) in [5.41, 5.74) is 0. The van der Waals surface area contributed by atoms with Gasteiger partial charge in [-0.15, -0.1) is 0 Å². The van der Waals surface area contributed by atoms with Gasteiger partial charge in [0.25, 0.3) is 10.2 Å². The van der Waals surface area contributed by atoms with E-state index in [4.69, 9.17) is 9.84 Å². The number of nitrogens with zero attached hydrogens (tertiary/aromatic N) is 2. The number of carbonyl (C=O) groups excluding carboxylic acids is 1. The minimum Gasteiger partial charge on any atom is -0.469 e. The molecule has 2 aliphatic rings. The number of aliphatic hydroxyl groups excluding tert-OH is 1. The van der Waals surface area contributed by atoms with E-state index in [1.54, 1.807) is 0 Å². The lowest BCUT2D eigenvalue weighted by molar-refractivity contribution is -0.146. The van der Waals surface area contributed by atoms with Gasteiger partial charge in [0.15, 0.2) is 0 Å². The minimum atomic E-state index is -3.52. The van der Waals surface area contributed by atoms with Crippen LogP contribution >= 0.6 is 0 Å². The van der Waals surface area contributed by atoms with E-state index >= 15 is 0 Å². The van der Waals surface area contributed by atoms with E-state index in [2.05, 4.69) is 0 Å². The van der Waals surface area contributed by atoms with Gasteiger partial charge in [-0.25, -0.2) is 0 Å². The molecule has 2 rings (SSSR count). The highest BCUT2D eigenvalue weighted by Gasteiger charge is 2.41. The predicted octanol–water partition coefficient (Wildman–Crippen LogP) is -0.427. The highest BCUT2D eigenvalue weighted by atomic mass is 32.2. The van der Waals surface area contributed by atoms with Crippen molar-refractivity contribution in [3.63, 3.8) is 0 Å². The Morgan fingerprint density at radius 1 is 1.30 bits per heavy atom. The average Bonchev–Trinajstić information content (AvgIpc) is 3.28. The number of rotatable bonds is 6. The van der Waals surface area contributed by atoms with Crippen molar-refractivity contribution >= 4 is 16.2 Å². The molecule has 0 unspecified atom stereocenters. The maximum Gasteiger partial charge on any atom is 0.308 e. The second-order valence-electron chi connectivity index (χ2n) is 5.27. The van der Waals surface area contributed by atoms with Crippen molar-refractivity contribution in [1.29, 1.82) is 0 Å². The third-order valence-corrected chi connectivity index (χ3v) is 5.98. The first-order valence-corrected chi connectivity index (χ1v) is 8.36. The summed E-state index contributed by atoms with van der Waals surface area (Å²) in [6, 6.07) is 0.0329. The standard InChI is InChI=1S/C12H22N2O5S/c1-19-12(16)10-4-6-13(7-5-10)20(17,18)14(8-9-15)11-2-3-11/h10-11,15H,2-9H2,1H3. The van der Waals surface area contributed by atoms with Crippen LogP contribution in [0.3, 0.4) is 0 Å². The van der Waals surface area contributed by atoms with Gasteiger partial charge in [0.1, 0.15) is 0 Å². The zero-order valence-electron chi connectivity index (χ0n) is 11.7. The average molecular weight is 306 g/mol. The molecule has 0 spiro atoms. The molecule has 0 atom stereocenters. The van der Waals surface area contributed by atoms with E-state index in [9.17, 15) is 13.2 Å². The van der Waals surface area contributed by atoms with E-state index < -0.39 is 10.2 Å². The number of esters is 1. The first kappa shape index (κ1) is 15.7. The van der Waals surface area contributed by atoms with E-state index in [1.807, 2.05) is 0 Å². The molecule has 0 amide bonds. The number of hydrogen-bond acceptors (Lipinski definition) is 5. The quantitative estimate of drug-likeness (QED) is 0.673. The van der Waals surface area contributed by atoms with Gasteiger partial charge < -0.3 is 9.84 Å². The molecule has 0 radical (unpaired) electrons. The Balaban J connectivity index is 1.99. The Labute approximate surface area is 119 Å². The van der Waals surface area contributed by atoms with Crippen LogP contribution in [0.4, 0.5) is 0 Å². The second kappa shape index (κ2) is 6.38. The van der Waals surface area contributed by atoms with Crippen LogP contribution in [0.5, 0.6) is 0 Å². The van der Waals surface area contributed by atoms with Gasteiger partial charge in [-0.2, -0.15) is 17.0 Å². The Kier molecular flexibility index (Phi) is 5.00. The highest BCUT2D eigenvalue weighted by molar-refractivity contribution is 7.86. The van der Waals surface area contributed by atoms with Crippen LogP contribution in [-0.4, -0.2) is 67.5 Å². The third kappa shape index (κ3) is 3.30. The molecular weight excluding hydrogens is 284 g/mol. The summed E-state index contributed by atoms with van der Waals surface area (Å²) in [7, 11) is -2.18. The summed E-state index contributed by atoms with van der Waals surface area (Å²) in [5, 5.41) is 9.04. The number of piperidine rings is 1. The van der Waals surface area contributed by atoms with Crippen molar-refractivity contribution in [3.8, 4) is 0 Å². The fourth-order valence-electron chi connectivity index (χ4n) is 2.58. The molecule has 1 aliphatic heterocycles. The molecule has 0 aromatic heterocycles. The normalized spacial score (nSPS) is 22.1. The van der Waals surface area contributed by atoms with Gasteiger partial charge in [0.2, 0.25) is 0 Å². The van der Waals surface area contributed by atoms with Crippen LogP contribution in [0.25, 0.3) is 0 Å². The van der Waals surface area contributed by atoms with Crippen LogP contribution in [0, 0.1) is 5.92 Å². The minimum absolute atomic E-state index is 0.0329. The van der Waals surface area contributed by atoms with Crippen molar-refractivity contribution in [1.82, 2.24) is 8.61 Å². The Morgan fingerprint density at radius 3 is 2.35 bits per heavy atom. The number of methoxy groups -OCH3 is 1. The summed E-state index contributed by atoms with van der Waals surface area (Å²) < 4.78 is 32.6. The molecule has 0 aromatic rings. The summed E-state index contributed by atoms with van der Waals surface area (Å²) >= 11 is 0. The second-order valence-corrected chi connectivity index (χ2v) is 7.15. The number of carbonyl (C=O) groups is 1. The van der Waals surface area contributed by atoms with E-state index in [0.29, 0.717) is 25.9 Å². The zero-order valence-corrected chi connectivity index (χ0v) is 12.5. The molecule has 1 saturated carbocycles. The predicted molar refractivity (Wildman–Crippen MR) is 72.0 cm³/mol. The van der Waals surface area contributed by atoms with Crippen LogP contribution in [0.15, 0.2) is 0 Å². The zero-order chi connectivity index (χ0) is 14.8. The van der Waals surface area contributed by atoms with Crippen molar-refractivity contribution < 1.29 is 23.1 Å². The molecule has 0 aromatic carbocycles. The van der Waals surface area contributed by atoms with E-state index in [1.165, 1.54) is 15.7 Å². The molecule has 1 aliphatic carbocycles. The van der Waals surface area contributed by atoms with Crippen molar-refractivity contribution in [2.45, 2.75) is 31.7 Å². The third-order valence-electron chi connectivity index (χ3n) is 3.89. The van der Waals surface area contributed by atoms with Gasteiger partial charge in [0.05, 0.1) is 19.6 Å². The smallest absolute Gasteiger partial charge is 0.308 e. The molecule has 1 N–H and O–H groups in total. The summed E-state index contributed by atoms with van der Waals surface area (Å²) in [6.07, 6.45) is 2.70. The van der Waals surface area contributed by atoms with E-state index in [0.717, 1.165) is 12.8 Å². The molecule has 7 nitrogen and oxygen atoms in total. The Morgan fingerprint density at radius 2 is 1.90 bits per heavy atom. The first-order valence-electron chi connectivity index (χ1n) is 6.96. The molecule has 1 saturated heterocycles. The van der Waals surface area contributed by atoms with Crippen LogP contribution < -0.4 is 0 Å². The van der Waals surface area contributed by atoms with Crippen LogP contribution in [0.2, 0.25) is 0 Å². The summed E-state index contributed by atoms with van der Waals surface area (Å²) in [4.78, 5) is 11.4. The number of ether oxygens (including phenoxy) is 1. The SMILES string of the molecule is COC(=O)C1CCN(S(=O)(=O)N(CCO)C2CC2)CC1. The maximum absolute atomic E-state index is 12.5. The molecule has 20 heavy (non-hydrogen) atoms. The molecule has 1 heterocycles. The Hall–Kier alpha value is -0.700. The van der Waals surface area contributed by atoms with E-state index in [-0.39, 0.29) is 31.1 Å². The fourth-order valence-corrected chi connectivity index (χ4v) is 4.45.